The molecule has 0 saturated heterocycles. The van der Waals surface area contributed by atoms with Gasteiger partial charge in [-0.25, -0.2) is 0 Å². The Morgan fingerprint density at radius 1 is 1.06 bits per heavy atom. The topological polar surface area (TPSA) is 0 Å². The third-order valence-corrected chi connectivity index (χ3v) is 3.73. The molecule has 0 N–H and O–H groups in total. The van der Waals surface area contributed by atoms with Crippen LogP contribution in [0.25, 0.3) is 0 Å². The van der Waals surface area contributed by atoms with Crippen LogP contribution in [0.4, 0.5) is 0 Å². The van der Waals surface area contributed by atoms with Gasteiger partial charge in [-0.1, -0.05) is 57.4 Å². The lowest BCUT2D eigenvalue weighted by Gasteiger charge is -2.26. The maximum Gasteiger partial charge on any atom is -0.0254 e. The molecule has 0 bridgehead atoms. The molecule has 0 heteroatoms. The van der Waals surface area contributed by atoms with Crippen LogP contribution < -0.4 is 0 Å². The van der Waals surface area contributed by atoms with E-state index in [1.807, 2.05) is 13.8 Å². The fraction of sp³-hybridized carbons (Fsp3) is 0.750. The minimum Gasteiger partial charge on any atom is -0.0840 e. The highest BCUT2D eigenvalue weighted by Gasteiger charge is 2.18. The quantitative estimate of drug-likeness (QED) is 0.576. The van der Waals surface area contributed by atoms with Crippen molar-refractivity contribution < 1.29 is 0 Å². The van der Waals surface area contributed by atoms with Gasteiger partial charge in [0.15, 0.2) is 0 Å². The third-order valence-electron chi connectivity index (χ3n) is 3.73. The van der Waals surface area contributed by atoms with E-state index in [1.54, 1.807) is 5.57 Å². The van der Waals surface area contributed by atoms with Crippen molar-refractivity contribution in [3.05, 3.63) is 23.8 Å². The zero-order chi connectivity index (χ0) is 11.8. The summed E-state index contributed by atoms with van der Waals surface area (Å²) >= 11 is 0. The van der Waals surface area contributed by atoms with E-state index in [0.29, 0.717) is 0 Å². The fourth-order valence-electron chi connectivity index (χ4n) is 2.69. The van der Waals surface area contributed by atoms with Gasteiger partial charge in [0, 0.05) is 0 Å². The van der Waals surface area contributed by atoms with E-state index in [0.717, 1.165) is 11.8 Å². The molecule has 2 rings (SSSR count). The second-order valence-electron chi connectivity index (χ2n) is 5.09. The molecule has 0 amide bonds. The highest BCUT2D eigenvalue weighted by atomic mass is 14.2. The van der Waals surface area contributed by atoms with E-state index in [9.17, 15) is 0 Å². The molecule has 2 aliphatic rings. The monoisotopic (exact) mass is 220 g/mol. The number of rotatable bonds is 2. The fourth-order valence-corrected chi connectivity index (χ4v) is 2.69. The second-order valence-corrected chi connectivity index (χ2v) is 5.09. The first-order chi connectivity index (χ1) is 7.84. The Labute approximate surface area is 102 Å². The lowest BCUT2D eigenvalue weighted by molar-refractivity contribution is 0.289. The molecule has 0 aromatic rings. The van der Waals surface area contributed by atoms with Crippen molar-refractivity contribution in [3.8, 4) is 0 Å². The predicted molar refractivity (Wildman–Crippen MR) is 73.5 cm³/mol. The Balaban J connectivity index is 0.000000606. The summed E-state index contributed by atoms with van der Waals surface area (Å²) in [6, 6.07) is 0. The molecule has 0 aromatic heterocycles. The van der Waals surface area contributed by atoms with Crippen molar-refractivity contribution in [2.75, 3.05) is 0 Å². The van der Waals surface area contributed by atoms with Gasteiger partial charge in [0.25, 0.3) is 0 Å². The van der Waals surface area contributed by atoms with E-state index in [1.165, 1.54) is 44.9 Å². The molecule has 16 heavy (non-hydrogen) atoms. The smallest absolute Gasteiger partial charge is 0.0254 e. The van der Waals surface area contributed by atoms with E-state index in [2.05, 4.69) is 25.2 Å². The SMILES string of the molecule is CC.CC1CCC(CC2=CCCC=C2)CC1. The van der Waals surface area contributed by atoms with Crippen LogP contribution in [0, 0.1) is 11.8 Å². The predicted octanol–water partition coefficient (Wildman–Crippen LogP) is 5.51. The molecule has 0 spiro atoms. The first-order valence-corrected chi connectivity index (χ1v) is 7.20. The van der Waals surface area contributed by atoms with Crippen molar-refractivity contribution in [3.63, 3.8) is 0 Å². The second kappa shape index (κ2) is 7.70. The van der Waals surface area contributed by atoms with Gasteiger partial charge in [-0.3, -0.25) is 0 Å². The number of hydrogen-bond acceptors (Lipinski definition) is 0. The molecule has 2 aliphatic carbocycles. The highest BCUT2D eigenvalue weighted by molar-refractivity contribution is 5.22. The Morgan fingerprint density at radius 2 is 1.75 bits per heavy atom. The average molecular weight is 220 g/mol. The molecule has 92 valence electrons. The van der Waals surface area contributed by atoms with Crippen molar-refractivity contribution in [1.82, 2.24) is 0 Å². The van der Waals surface area contributed by atoms with Gasteiger partial charge in [0.05, 0.1) is 0 Å². The standard InChI is InChI=1S/C14H22.C2H6/c1-12-7-9-14(10-8-12)11-13-5-3-2-4-6-13;1-2/h3,5-6,12,14H,2,4,7-11H2,1H3;1-2H3. The molecule has 0 unspecified atom stereocenters. The van der Waals surface area contributed by atoms with Crippen molar-refractivity contribution >= 4 is 0 Å². The van der Waals surface area contributed by atoms with Crippen LogP contribution in [0.15, 0.2) is 23.8 Å². The Kier molecular flexibility index (Phi) is 6.52. The molecular weight excluding hydrogens is 192 g/mol. The third kappa shape index (κ3) is 4.55. The van der Waals surface area contributed by atoms with Crippen LogP contribution in [0.1, 0.15) is 65.7 Å². The van der Waals surface area contributed by atoms with Crippen LogP contribution >= 0.6 is 0 Å². The van der Waals surface area contributed by atoms with Gasteiger partial charge in [-0.2, -0.15) is 0 Å². The van der Waals surface area contributed by atoms with Gasteiger partial charge < -0.3 is 0 Å². The average Bonchev–Trinajstić information content (AvgIpc) is 2.36. The maximum absolute atomic E-state index is 2.44. The van der Waals surface area contributed by atoms with Gasteiger partial charge in [0.1, 0.15) is 0 Å². The van der Waals surface area contributed by atoms with Crippen LogP contribution in [0.2, 0.25) is 0 Å². The minimum atomic E-state index is 0.986. The summed E-state index contributed by atoms with van der Waals surface area (Å²) in [5.74, 6) is 1.97. The highest BCUT2D eigenvalue weighted by Crippen LogP contribution is 2.33. The normalized spacial score (nSPS) is 29.1. The van der Waals surface area contributed by atoms with Gasteiger partial charge in [-0.05, 0) is 43.9 Å². The summed E-state index contributed by atoms with van der Waals surface area (Å²) < 4.78 is 0. The summed E-state index contributed by atoms with van der Waals surface area (Å²) in [5, 5.41) is 0. The lowest BCUT2D eigenvalue weighted by atomic mass is 9.79. The maximum atomic E-state index is 2.44. The summed E-state index contributed by atoms with van der Waals surface area (Å²) in [5.41, 5.74) is 1.61. The van der Waals surface area contributed by atoms with Crippen LogP contribution in [0.5, 0.6) is 0 Å². The van der Waals surface area contributed by atoms with Crippen LogP contribution in [0.3, 0.4) is 0 Å². The first-order valence-electron chi connectivity index (χ1n) is 7.20. The van der Waals surface area contributed by atoms with Gasteiger partial charge >= 0.3 is 0 Å². The van der Waals surface area contributed by atoms with E-state index in [4.69, 9.17) is 0 Å². The molecule has 0 atom stereocenters. The molecule has 1 saturated carbocycles. The van der Waals surface area contributed by atoms with E-state index >= 15 is 0 Å². The van der Waals surface area contributed by atoms with Crippen molar-refractivity contribution in [2.24, 2.45) is 11.8 Å². The summed E-state index contributed by atoms with van der Waals surface area (Å²) in [7, 11) is 0. The zero-order valence-corrected chi connectivity index (χ0v) is 11.3. The lowest BCUT2D eigenvalue weighted by Crippen LogP contribution is -2.12. The Morgan fingerprint density at radius 3 is 2.31 bits per heavy atom. The zero-order valence-electron chi connectivity index (χ0n) is 11.3. The molecular formula is C16H28. The molecule has 0 heterocycles. The summed E-state index contributed by atoms with van der Waals surface area (Å²) in [4.78, 5) is 0. The Hall–Kier alpha value is -0.520. The molecule has 0 nitrogen and oxygen atoms in total. The van der Waals surface area contributed by atoms with Crippen molar-refractivity contribution in [2.45, 2.75) is 65.7 Å². The van der Waals surface area contributed by atoms with E-state index in [-0.39, 0.29) is 0 Å². The van der Waals surface area contributed by atoms with Crippen LogP contribution in [-0.4, -0.2) is 0 Å². The number of hydrogen-bond donors (Lipinski definition) is 0. The molecule has 0 aromatic carbocycles. The Bertz CT molecular complexity index is 226. The van der Waals surface area contributed by atoms with Gasteiger partial charge in [-0.15, -0.1) is 0 Å². The number of allylic oxidation sites excluding steroid dienone is 4. The summed E-state index contributed by atoms with van der Waals surface area (Å²) in [6.07, 6.45) is 16.9. The van der Waals surface area contributed by atoms with Crippen molar-refractivity contribution in [1.29, 1.82) is 0 Å². The molecule has 1 fully saturated rings. The van der Waals surface area contributed by atoms with Crippen LogP contribution in [-0.2, 0) is 0 Å². The van der Waals surface area contributed by atoms with E-state index < -0.39 is 0 Å². The largest absolute Gasteiger partial charge is 0.0840 e. The molecule has 0 radical (unpaired) electrons. The molecule has 0 aliphatic heterocycles. The minimum absolute atomic E-state index is 0.986. The first kappa shape index (κ1) is 13.5. The van der Waals surface area contributed by atoms with Gasteiger partial charge in [0.2, 0.25) is 0 Å². The summed E-state index contributed by atoms with van der Waals surface area (Å²) in [6.45, 7) is 6.40.